The van der Waals surface area contributed by atoms with Gasteiger partial charge in [-0.1, -0.05) is 22.8 Å². The van der Waals surface area contributed by atoms with Gasteiger partial charge in [-0.15, -0.1) is 5.10 Å². The number of hydrogen-bond acceptors (Lipinski definition) is 6. The van der Waals surface area contributed by atoms with E-state index in [1.165, 1.54) is 11.8 Å². The first-order chi connectivity index (χ1) is 21.1. The summed E-state index contributed by atoms with van der Waals surface area (Å²) in [7, 11) is 1.54. The van der Waals surface area contributed by atoms with Gasteiger partial charge in [0.15, 0.2) is 0 Å². The number of carboxylic acids is 1. The maximum atomic E-state index is 13.7. The number of anilines is 2. The van der Waals surface area contributed by atoms with E-state index in [1.807, 2.05) is 19.9 Å². The van der Waals surface area contributed by atoms with E-state index in [-0.39, 0.29) is 61.0 Å². The maximum Gasteiger partial charge on any atom is 1.00 e. The molecule has 0 spiro atoms. The first kappa shape index (κ1) is 36.0. The SMILES string of the molecule is Cc1cc(C)c2c(c1)[C@@H](N(Cc1cc(C(F)(F)F)cc(C(F)(F)F)c1)c1nnn(C)n1)CCCN2CC1CCC(C(=O)O)CC1.[H-].[Na+]. The first-order valence-electron chi connectivity index (χ1n) is 15.0. The van der Waals surface area contributed by atoms with E-state index < -0.39 is 35.5 Å². The molecule has 1 aliphatic carbocycles. The molecule has 2 aromatic carbocycles. The standard InChI is InChI=1S/C31H36F6N6O2.Na.H/c1-18-11-19(2)27-25(12-18)26(5-4-10-42(27)16-20-6-8-22(9-7-20)28(44)45)43(29-38-40-41(3)39-29)17-21-13-23(30(32,33)34)15-24(14-21)31(35,36)37;;/h11-15,20,22,26H,4-10,16-17H2,1-3H3,(H,44,45);;/q;+1;-1/t20?,22?,26-;;/m0../s1. The first-order valence-corrected chi connectivity index (χ1v) is 15.0. The molecule has 2 aliphatic rings. The van der Waals surface area contributed by atoms with Crippen LogP contribution in [0.2, 0.25) is 0 Å². The Labute approximate surface area is 286 Å². The van der Waals surface area contributed by atoms with Crippen LogP contribution < -0.4 is 39.4 Å². The second-order valence-electron chi connectivity index (χ2n) is 12.3. The summed E-state index contributed by atoms with van der Waals surface area (Å²) in [6.45, 7) is 5.04. The molecule has 0 radical (unpaired) electrons. The number of aliphatic carboxylic acids is 1. The quantitative estimate of drug-likeness (QED) is 0.300. The zero-order valence-electron chi connectivity index (χ0n) is 27.3. The summed E-state index contributed by atoms with van der Waals surface area (Å²) in [4.78, 5) is 16.6. The molecule has 0 unspecified atom stereocenters. The summed E-state index contributed by atoms with van der Waals surface area (Å²) in [6, 6.07) is 5.23. The van der Waals surface area contributed by atoms with Crippen LogP contribution in [0.3, 0.4) is 0 Å². The molecule has 1 N–H and O–H groups in total. The number of hydrogen-bond donors (Lipinski definition) is 1. The minimum Gasteiger partial charge on any atom is -1.00 e. The molecule has 8 nitrogen and oxygen atoms in total. The zero-order valence-corrected chi connectivity index (χ0v) is 28.3. The number of aryl methyl sites for hydroxylation is 3. The van der Waals surface area contributed by atoms with E-state index in [0.29, 0.717) is 38.1 Å². The van der Waals surface area contributed by atoms with Crippen LogP contribution in [0.1, 0.15) is 79.4 Å². The number of aromatic nitrogens is 4. The summed E-state index contributed by atoms with van der Waals surface area (Å²) in [5.41, 5.74) is 0.892. The van der Waals surface area contributed by atoms with Gasteiger partial charge in [-0.3, -0.25) is 4.79 Å². The van der Waals surface area contributed by atoms with E-state index in [4.69, 9.17) is 0 Å². The minimum absolute atomic E-state index is 0. The molecule has 1 aromatic heterocycles. The predicted octanol–water partition coefficient (Wildman–Crippen LogP) is 4.22. The number of tetrazole rings is 1. The fraction of sp³-hybridized carbons (Fsp3) is 0.548. The Balaban J connectivity index is 0.00000300. The number of benzene rings is 2. The summed E-state index contributed by atoms with van der Waals surface area (Å²) in [6.07, 6.45) is -5.87. The van der Waals surface area contributed by atoms with Crippen molar-refractivity contribution in [2.45, 2.75) is 77.3 Å². The van der Waals surface area contributed by atoms with E-state index in [9.17, 15) is 36.2 Å². The molecule has 1 saturated carbocycles. The predicted molar refractivity (Wildman–Crippen MR) is 156 cm³/mol. The van der Waals surface area contributed by atoms with Crippen molar-refractivity contribution in [2.24, 2.45) is 18.9 Å². The van der Waals surface area contributed by atoms with E-state index in [2.05, 4.69) is 26.4 Å². The average molecular weight is 663 g/mol. The molecule has 2 heterocycles. The van der Waals surface area contributed by atoms with Crippen molar-refractivity contribution in [1.29, 1.82) is 0 Å². The normalized spacial score (nSPS) is 20.5. The molecular formula is C31H37F6N6NaO2. The van der Waals surface area contributed by atoms with E-state index in [1.54, 1.807) is 4.90 Å². The van der Waals surface area contributed by atoms with Crippen LogP contribution in [0.5, 0.6) is 0 Å². The van der Waals surface area contributed by atoms with Crippen LogP contribution in [-0.4, -0.2) is 44.4 Å². The second kappa shape index (κ2) is 14.1. The molecule has 1 fully saturated rings. The van der Waals surface area contributed by atoms with E-state index in [0.717, 1.165) is 53.9 Å². The Bertz CT molecular complexity index is 1510. The Morgan fingerprint density at radius 3 is 2.15 bits per heavy atom. The van der Waals surface area contributed by atoms with Gasteiger partial charge in [0.25, 0.3) is 5.95 Å². The second-order valence-corrected chi connectivity index (χ2v) is 12.3. The topological polar surface area (TPSA) is 87.4 Å². The third kappa shape index (κ3) is 8.17. The van der Waals surface area contributed by atoms with Gasteiger partial charge in [0.05, 0.1) is 30.1 Å². The average Bonchev–Trinajstić information content (AvgIpc) is 3.30. The number of fused-ring (bicyclic) bond motifs is 1. The molecule has 5 rings (SSSR count). The van der Waals surface area contributed by atoms with Gasteiger partial charge in [0.2, 0.25) is 0 Å². The summed E-state index contributed by atoms with van der Waals surface area (Å²) >= 11 is 0. The third-order valence-corrected chi connectivity index (χ3v) is 8.86. The largest absolute Gasteiger partial charge is 1.00 e. The Hall–Kier alpha value is -2.84. The molecule has 15 heteroatoms. The Kier molecular flexibility index (Phi) is 11.0. The van der Waals surface area contributed by atoms with Gasteiger partial charge in [-0.05, 0) is 98.4 Å². The van der Waals surface area contributed by atoms with Crippen molar-refractivity contribution < 1.29 is 67.2 Å². The molecule has 0 saturated heterocycles. The fourth-order valence-electron chi connectivity index (χ4n) is 6.85. The van der Waals surface area contributed by atoms with Crippen molar-refractivity contribution in [3.8, 4) is 0 Å². The Morgan fingerprint density at radius 2 is 1.61 bits per heavy atom. The number of halogens is 6. The molecule has 0 bridgehead atoms. The molecule has 246 valence electrons. The van der Waals surface area contributed by atoms with Gasteiger partial charge < -0.3 is 16.3 Å². The van der Waals surface area contributed by atoms with Crippen molar-refractivity contribution >= 4 is 17.6 Å². The maximum absolute atomic E-state index is 13.7. The number of carboxylic acid groups (broad SMARTS) is 1. The fourth-order valence-corrected chi connectivity index (χ4v) is 6.85. The number of alkyl halides is 6. The van der Waals surface area contributed by atoms with Crippen molar-refractivity contribution in [1.82, 2.24) is 20.2 Å². The van der Waals surface area contributed by atoms with Gasteiger partial charge in [0, 0.05) is 25.3 Å². The monoisotopic (exact) mass is 662 g/mol. The third-order valence-electron chi connectivity index (χ3n) is 8.86. The van der Waals surface area contributed by atoms with Crippen LogP contribution in [0.4, 0.5) is 38.0 Å². The molecule has 3 aromatic rings. The van der Waals surface area contributed by atoms with Crippen LogP contribution >= 0.6 is 0 Å². The van der Waals surface area contributed by atoms with Crippen LogP contribution in [-0.2, 0) is 30.7 Å². The van der Waals surface area contributed by atoms with E-state index >= 15 is 0 Å². The van der Waals surface area contributed by atoms with Crippen molar-refractivity contribution in [3.63, 3.8) is 0 Å². The van der Waals surface area contributed by atoms with Gasteiger partial charge >= 0.3 is 47.9 Å². The number of rotatable bonds is 7. The van der Waals surface area contributed by atoms with Crippen LogP contribution in [0.25, 0.3) is 0 Å². The summed E-state index contributed by atoms with van der Waals surface area (Å²) in [5, 5.41) is 21.8. The molecule has 0 amide bonds. The number of carbonyl (C=O) groups is 1. The van der Waals surface area contributed by atoms with Crippen molar-refractivity contribution in [3.05, 3.63) is 63.7 Å². The van der Waals surface area contributed by atoms with Crippen LogP contribution in [0, 0.1) is 25.7 Å². The summed E-state index contributed by atoms with van der Waals surface area (Å²) < 4.78 is 82.4. The van der Waals surface area contributed by atoms with Gasteiger partial charge in [0.1, 0.15) is 0 Å². The van der Waals surface area contributed by atoms with Crippen LogP contribution in [0.15, 0.2) is 30.3 Å². The molecule has 1 aliphatic heterocycles. The smallest absolute Gasteiger partial charge is 1.00 e. The molecular weight excluding hydrogens is 625 g/mol. The minimum atomic E-state index is -4.97. The molecule has 1 atom stereocenters. The Morgan fingerprint density at radius 1 is 0.978 bits per heavy atom. The molecule has 46 heavy (non-hydrogen) atoms. The van der Waals surface area contributed by atoms with Crippen molar-refractivity contribution in [2.75, 3.05) is 22.9 Å². The number of nitrogens with zero attached hydrogens (tertiary/aromatic N) is 6. The van der Waals surface area contributed by atoms with Gasteiger partial charge in [-0.2, -0.15) is 31.1 Å². The summed E-state index contributed by atoms with van der Waals surface area (Å²) in [5.74, 6) is -0.690. The zero-order chi connectivity index (χ0) is 32.7. The van der Waals surface area contributed by atoms with Gasteiger partial charge in [-0.25, -0.2) is 0 Å².